The number of likely N-dealkylation sites (tertiary alicyclic amines) is 1. The van der Waals surface area contributed by atoms with Crippen LogP contribution in [0.5, 0.6) is 0 Å². The van der Waals surface area contributed by atoms with Gasteiger partial charge in [-0.2, -0.15) is 0 Å². The van der Waals surface area contributed by atoms with Crippen LogP contribution >= 0.6 is 0 Å². The van der Waals surface area contributed by atoms with Crippen LogP contribution < -0.4 is 0 Å². The van der Waals surface area contributed by atoms with Gasteiger partial charge in [0, 0.05) is 57.5 Å². The molecule has 0 N–H and O–H groups in total. The first-order valence-corrected chi connectivity index (χ1v) is 10.9. The maximum Gasteiger partial charge on any atom is 0.276 e. The monoisotopic (exact) mass is 413 g/mol. The molecule has 1 saturated heterocycles. The summed E-state index contributed by atoms with van der Waals surface area (Å²) in [4.78, 5) is 38.0. The minimum Gasteiger partial charge on any atom is -0.383 e. The second-order valence-corrected chi connectivity index (χ2v) is 8.46. The highest BCUT2D eigenvalue weighted by atomic mass is 16.5. The van der Waals surface area contributed by atoms with Gasteiger partial charge in [-0.1, -0.05) is 12.8 Å². The summed E-state index contributed by atoms with van der Waals surface area (Å²) in [5.74, 6) is 0.759. The Labute approximate surface area is 177 Å². The van der Waals surface area contributed by atoms with Gasteiger partial charge in [0.15, 0.2) is 11.3 Å². The summed E-state index contributed by atoms with van der Waals surface area (Å²) < 4.78 is 7.00. The molecule has 4 rings (SSSR count). The van der Waals surface area contributed by atoms with Gasteiger partial charge in [-0.25, -0.2) is 9.97 Å². The predicted octanol–water partition coefficient (Wildman–Crippen LogP) is 2.34. The summed E-state index contributed by atoms with van der Waals surface area (Å²) in [6.45, 7) is 2.57. The van der Waals surface area contributed by atoms with Crippen LogP contribution in [0.4, 0.5) is 0 Å². The molecule has 30 heavy (non-hydrogen) atoms. The van der Waals surface area contributed by atoms with Crippen molar-refractivity contribution >= 4 is 17.5 Å². The first kappa shape index (κ1) is 20.8. The van der Waals surface area contributed by atoms with Crippen molar-refractivity contribution < 1.29 is 14.3 Å². The van der Waals surface area contributed by atoms with Gasteiger partial charge in [0.05, 0.1) is 6.61 Å². The fourth-order valence-electron chi connectivity index (χ4n) is 4.74. The number of carbonyl (C=O) groups excluding carboxylic acids is 2. The van der Waals surface area contributed by atoms with Crippen molar-refractivity contribution in [1.29, 1.82) is 0 Å². The van der Waals surface area contributed by atoms with Crippen LogP contribution in [0.15, 0.2) is 18.6 Å². The molecule has 0 radical (unpaired) electrons. The van der Waals surface area contributed by atoms with Crippen molar-refractivity contribution in [3.8, 4) is 0 Å². The number of likely N-dealkylation sites (N-methyl/N-ethyl adjacent to an activating group) is 1. The third-order valence-electron chi connectivity index (χ3n) is 6.57. The quantitative estimate of drug-likeness (QED) is 0.726. The molecule has 2 aliphatic rings. The van der Waals surface area contributed by atoms with Crippen LogP contribution in [0, 0.1) is 5.92 Å². The van der Waals surface area contributed by atoms with Crippen molar-refractivity contribution in [2.24, 2.45) is 5.92 Å². The molecule has 0 unspecified atom stereocenters. The van der Waals surface area contributed by atoms with Gasteiger partial charge in [0.1, 0.15) is 6.33 Å². The van der Waals surface area contributed by atoms with Crippen LogP contribution in [0.2, 0.25) is 0 Å². The molecule has 0 atom stereocenters. The molecule has 0 aromatic carbocycles. The lowest BCUT2D eigenvalue weighted by Gasteiger charge is -2.34. The fraction of sp³-hybridized carbons (Fsp3) is 0.636. The standard InChI is InChI=1S/C22H31N5O3/c1-25(13-14-30-2)22(29)19-20-23-10-7-18(27(20)15-24-19)16-8-11-26(12-9-16)21(28)17-5-3-4-6-17/h7,10,15-17H,3-6,8-9,11-14H2,1-2H3. The van der Waals surface area contributed by atoms with E-state index in [1.165, 1.54) is 12.8 Å². The van der Waals surface area contributed by atoms with Crippen molar-refractivity contribution in [2.75, 3.05) is 40.4 Å². The Bertz CT molecular complexity index is 897. The molecule has 1 aliphatic carbocycles. The summed E-state index contributed by atoms with van der Waals surface area (Å²) in [5, 5.41) is 0. The maximum atomic E-state index is 12.8. The van der Waals surface area contributed by atoms with E-state index in [-0.39, 0.29) is 11.8 Å². The van der Waals surface area contributed by atoms with E-state index in [0.29, 0.717) is 36.3 Å². The van der Waals surface area contributed by atoms with Crippen molar-refractivity contribution in [2.45, 2.75) is 44.4 Å². The fourth-order valence-corrected chi connectivity index (χ4v) is 4.74. The van der Waals surface area contributed by atoms with Crippen molar-refractivity contribution in [1.82, 2.24) is 24.2 Å². The van der Waals surface area contributed by atoms with Crippen LogP contribution in [0.25, 0.3) is 5.65 Å². The Morgan fingerprint density at radius 1 is 1.17 bits per heavy atom. The van der Waals surface area contributed by atoms with Gasteiger partial charge in [0.2, 0.25) is 5.91 Å². The van der Waals surface area contributed by atoms with Gasteiger partial charge < -0.3 is 14.5 Å². The molecule has 8 nitrogen and oxygen atoms in total. The highest BCUT2D eigenvalue weighted by Crippen LogP contribution is 2.32. The number of hydrogen-bond donors (Lipinski definition) is 0. The Morgan fingerprint density at radius 3 is 2.60 bits per heavy atom. The predicted molar refractivity (Wildman–Crippen MR) is 112 cm³/mol. The number of carbonyl (C=O) groups is 2. The lowest BCUT2D eigenvalue weighted by Crippen LogP contribution is -2.41. The summed E-state index contributed by atoms with van der Waals surface area (Å²) in [7, 11) is 3.36. The van der Waals surface area contributed by atoms with Crippen molar-refractivity contribution in [3.63, 3.8) is 0 Å². The zero-order valence-corrected chi connectivity index (χ0v) is 17.9. The van der Waals surface area contributed by atoms with E-state index in [1.54, 1.807) is 31.6 Å². The molecule has 0 bridgehead atoms. The second-order valence-electron chi connectivity index (χ2n) is 8.46. The van der Waals surface area contributed by atoms with Gasteiger partial charge in [-0.3, -0.25) is 14.0 Å². The van der Waals surface area contributed by atoms with Crippen LogP contribution in [0.1, 0.15) is 60.6 Å². The Morgan fingerprint density at radius 2 is 1.90 bits per heavy atom. The summed E-state index contributed by atoms with van der Waals surface area (Å²) in [6.07, 6.45) is 9.77. The van der Waals surface area contributed by atoms with Gasteiger partial charge in [-0.15, -0.1) is 0 Å². The molecule has 2 amide bonds. The first-order chi connectivity index (χ1) is 14.6. The third kappa shape index (κ3) is 4.05. The Balaban J connectivity index is 1.47. The smallest absolute Gasteiger partial charge is 0.276 e. The highest BCUT2D eigenvalue weighted by Gasteiger charge is 2.31. The molecule has 2 aromatic heterocycles. The van der Waals surface area contributed by atoms with E-state index in [2.05, 4.69) is 14.9 Å². The first-order valence-electron chi connectivity index (χ1n) is 10.9. The second kappa shape index (κ2) is 9.12. The zero-order valence-electron chi connectivity index (χ0n) is 17.9. The maximum absolute atomic E-state index is 12.8. The number of piperidine rings is 1. The molecule has 2 fully saturated rings. The zero-order chi connectivity index (χ0) is 21.1. The molecule has 3 heterocycles. The van der Waals surface area contributed by atoms with E-state index in [1.807, 2.05) is 10.5 Å². The molecular formula is C22H31N5O3. The van der Waals surface area contributed by atoms with Gasteiger partial charge in [0.25, 0.3) is 5.91 Å². The number of fused-ring (bicyclic) bond motifs is 1. The molecule has 1 saturated carbocycles. The van der Waals surface area contributed by atoms with Crippen LogP contribution in [-0.2, 0) is 9.53 Å². The molecule has 0 spiro atoms. The number of amides is 2. The largest absolute Gasteiger partial charge is 0.383 e. The molecule has 8 heteroatoms. The van der Waals surface area contributed by atoms with E-state index in [4.69, 9.17) is 4.74 Å². The summed E-state index contributed by atoms with van der Waals surface area (Å²) >= 11 is 0. The van der Waals surface area contributed by atoms with E-state index >= 15 is 0 Å². The lowest BCUT2D eigenvalue weighted by molar-refractivity contribution is -0.136. The van der Waals surface area contributed by atoms with Crippen LogP contribution in [0.3, 0.4) is 0 Å². The number of hydrogen-bond acceptors (Lipinski definition) is 5. The average molecular weight is 414 g/mol. The average Bonchev–Trinajstić information content (AvgIpc) is 3.46. The Kier molecular flexibility index (Phi) is 6.32. The number of rotatable bonds is 6. The van der Waals surface area contributed by atoms with E-state index in [0.717, 1.165) is 44.5 Å². The summed E-state index contributed by atoms with van der Waals surface area (Å²) in [5.41, 5.74) is 2.06. The van der Waals surface area contributed by atoms with Crippen molar-refractivity contribution in [3.05, 3.63) is 30.0 Å². The number of imidazole rings is 1. The molecular weight excluding hydrogens is 382 g/mol. The summed E-state index contributed by atoms with van der Waals surface area (Å²) in [6, 6.07) is 2.01. The van der Waals surface area contributed by atoms with Crippen LogP contribution in [-0.4, -0.2) is 76.4 Å². The number of ether oxygens (including phenoxy) is 1. The minimum atomic E-state index is -0.156. The normalized spacial score (nSPS) is 18.3. The lowest BCUT2D eigenvalue weighted by atomic mass is 9.92. The number of methoxy groups -OCH3 is 1. The highest BCUT2D eigenvalue weighted by molar-refractivity contribution is 5.97. The van der Waals surface area contributed by atoms with Gasteiger partial charge >= 0.3 is 0 Å². The topological polar surface area (TPSA) is 80.0 Å². The minimum absolute atomic E-state index is 0.156. The SMILES string of the molecule is COCCN(C)C(=O)c1ncn2c(C3CCN(C(=O)C4CCCC4)CC3)ccnc12. The molecule has 162 valence electrons. The third-order valence-corrected chi connectivity index (χ3v) is 6.57. The van der Waals surface area contributed by atoms with Gasteiger partial charge in [-0.05, 0) is 31.7 Å². The molecule has 2 aromatic rings. The van der Waals surface area contributed by atoms with E-state index < -0.39 is 0 Å². The Hall–Kier alpha value is -2.48. The van der Waals surface area contributed by atoms with E-state index in [9.17, 15) is 9.59 Å². The number of aromatic nitrogens is 3. The molecule has 1 aliphatic heterocycles. The number of nitrogens with zero attached hydrogens (tertiary/aromatic N) is 5.